The predicted molar refractivity (Wildman–Crippen MR) is 97.1 cm³/mol. The molecule has 1 aromatic heterocycles. The molecule has 5 nitrogen and oxygen atoms in total. The van der Waals surface area contributed by atoms with Crippen molar-refractivity contribution in [3.05, 3.63) is 47.2 Å². The van der Waals surface area contributed by atoms with Gasteiger partial charge in [-0.1, -0.05) is 30.7 Å². The van der Waals surface area contributed by atoms with Crippen LogP contribution in [0.4, 0.5) is 0 Å². The smallest absolute Gasteiger partial charge is 0.222 e. The van der Waals surface area contributed by atoms with E-state index in [4.69, 9.17) is 16.0 Å². The molecule has 1 fully saturated rings. The van der Waals surface area contributed by atoms with Gasteiger partial charge in [-0.2, -0.15) is 0 Å². The van der Waals surface area contributed by atoms with E-state index in [1.807, 2.05) is 30.3 Å². The number of furan rings is 1. The first-order valence-corrected chi connectivity index (χ1v) is 10.4. The normalized spacial score (nSPS) is 19.0. The molecule has 1 atom stereocenters. The van der Waals surface area contributed by atoms with E-state index in [1.165, 1.54) is 0 Å². The van der Waals surface area contributed by atoms with Crippen LogP contribution >= 0.6 is 11.6 Å². The number of sulfone groups is 1. The van der Waals surface area contributed by atoms with Crippen LogP contribution in [0.2, 0.25) is 5.02 Å². The second kappa shape index (κ2) is 7.22. The van der Waals surface area contributed by atoms with Gasteiger partial charge in [0.05, 0.1) is 18.1 Å². The Morgan fingerprint density at radius 1 is 1.32 bits per heavy atom. The van der Waals surface area contributed by atoms with E-state index in [1.54, 1.807) is 17.9 Å². The van der Waals surface area contributed by atoms with E-state index in [-0.39, 0.29) is 30.0 Å². The zero-order chi connectivity index (χ0) is 18.0. The molecule has 0 spiro atoms. The molecular formula is C18H20ClNO4S. The lowest BCUT2D eigenvalue weighted by atomic mass is 10.2. The van der Waals surface area contributed by atoms with Crippen molar-refractivity contribution < 1.29 is 17.6 Å². The molecule has 1 unspecified atom stereocenters. The summed E-state index contributed by atoms with van der Waals surface area (Å²) in [5, 5.41) is 0.620. The van der Waals surface area contributed by atoms with Crippen molar-refractivity contribution in [2.75, 3.05) is 11.5 Å². The third-order valence-corrected chi connectivity index (χ3v) is 6.35. The van der Waals surface area contributed by atoms with Crippen molar-refractivity contribution in [1.82, 2.24) is 4.90 Å². The van der Waals surface area contributed by atoms with Gasteiger partial charge in [-0.05, 0) is 30.7 Å². The maximum absolute atomic E-state index is 12.3. The Labute approximate surface area is 152 Å². The molecule has 0 saturated carbocycles. The van der Waals surface area contributed by atoms with Crippen LogP contribution in [0.5, 0.6) is 0 Å². The molecule has 1 amide bonds. The second-order valence-corrected chi connectivity index (χ2v) is 8.87. The maximum atomic E-state index is 12.3. The van der Waals surface area contributed by atoms with Crippen LogP contribution in [0.15, 0.2) is 40.8 Å². The first-order chi connectivity index (χ1) is 11.9. The van der Waals surface area contributed by atoms with Gasteiger partial charge in [0.15, 0.2) is 9.84 Å². The van der Waals surface area contributed by atoms with Crippen LogP contribution < -0.4 is 0 Å². The Morgan fingerprint density at radius 3 is 2.76 bits per heavy atom. The van der Waals surface area contributed by atoms with E-state index < -0.39 is 9.84 Å². The highest BCUT2D eigenvalue weighted by atomic mass is 35.5. The Hall–Kier alpha value is -1.79. The highest BCUT2D eigenvalue weighted by Gasteiger charge is 2.34. The number of carbonyl (C=O) groups excluding carboxylic acids is 1. The molecule has 1 saturated heterocycles. The van der Waals surface area contributed by atoms with Crippen molar-refractivity contribution in [3.63, 3.8) is 0 Å². The van der Waals surface area contributed by atoms with Gasteiger partial charge in [-0.15, -0.1) is 0 Å². The number of carbonyl (C=O) groups is 1. The maximum Gasteiger partial charge on any atom is 0.222 e. The van der Waals surface area contributed by atoms with Gasteiger partial charge in [0.1, 0.15) is 11.5 Å². The molecular weight excluding hydrogens is 362 g/mol. The summed E-state index contributed by atoms with van der Waals surface area (Å²) in [6, 6.07) is 10.7. The van der Waals surface area contributed by atoms with E-state index >= 15 is 0 Å². The highest BCUT2D eigenvalue weighted by Crippen LogP contribution is 2.27. The van der Waals surface area contributed by atoms with Crippen LogP contribution in [0, 0.1) is 0 Å². The minimum absolute atomic E-state index is 0.0284. The fraction of sp³-hybridized carbons (Fsp3) is 0.389. The molecule has 0 bridgehead atoms. The summed E-state index contributed by atoms with van der Waals surface area (Å²) in [5.41, 5.74) is 0.857. The van der Waals surface area contributed by atoms with E-state index in [0.717, 1.165) is 5.56 Å². The lowest BCUT2D eigenvalue weighted by Gasteiger charge is -2.27. The van der Waals surface area contributed by atoms with Gasteiger partial charge in [-0.3, -0.25) is 4.79 Å². The minimum Gasteiger partial charge on any atom is -0.459 e. The fourth-order valence-corrected chi connectivity index (χ4v) is 4.99. The molecule has 2 heterocycles. The van der Waals surface area contributed by atoms with E-state index in [2.05, 4.69) is 0 Å². The molecule has 1 aliphatic heterocycles. The first kappa shape index (κ1) is 18.0. The van der Waals surface area contributed by atoms with Crippen LogP contribution in [0.1, 0.15) is 25.5 Å². The summed E-state index contributed by atoms with van der Waals surface area (Å²) < 4.78 is 29.4. The minimum atomic E-state index is -3.06. The Kier molecular flexibility index (Phi) is 5.20. The van der Waals surface area contributed by atoms with Gasteiger partial charge < -0.3 is 9.32 Å². The molecule has 0 N–H and O–H groups in total. The summed E-state index contributed by atoms with van der Waals surface area (Å²) in [6.07, 6.45) is 0.814. The summed E-state index contributed by atoms with van der Waals surface area (Å²) in [7, 11) is -3.06. The van der Waals surface area contributed by atoms with Crippen LogP contribution in [0.25, 0.3) is 11.3 Å². The largest absolute Gasteiger partial charge is 0.459 e. The van der Waals surface area contributed by atoms with Crippen molar-refractivity contribution in [3.8, 4) is 11.3 Å². The molecule has 0 radical (unpaired) electrons. The van der Waals surface area contributed by atoms with E-state index in [9.17, 15) is 13.2 Å². The molecule has 1 aromatic carbocycles. The summed E-state index contributed by atoms with van der Waals surface area (Å²) in [4.78, 5) is 13.9. The standard InChI is InChI=1S/C18H20ClNO4S/c1-2-18(21)20(15-8-9-25(22,23)12-15)11-16-6-7-17(24-16)13-4-3-5-14(19)10-13/h3-7,10,15H,2,8-9,11-12H2,1H3. The highest BCUT2D eigenvalue weighted by molar-refractivity contribution is 7.91. The average Bonchev–Trinajstić information content (AvgIpc) is 3.18. The molecule has 25 heavy (non-hydrogen) atoms. The topological polar surface area (TPSA) is 67.6 Å². The zero-order valence-corrected chi connectivity index (χ0v) is 15.5. The molecule has 3 rings (SSSR count). The van der Waals surface area contributed by atoms with Crippen LogP contribution in [-0.4, -0.2) is 36.8 Å². The van der Waals surface area contributed by atoms with Crippen LogP contribution in [0.3, 0.4) is 0 Å². The van der Waals surface area contributed by atoms with Crippen LogP contribution in [-0.2, 0) is 21.2 Å². The Morgan fingerprint density at radius 2 is 2.12 bits per heavy atom. The van der Waals surface area contributed by atoms with Crippen molar-refractivity contribution in [2.24, 2.45) is 0 Å². The molecule has 2 aromatic rings. The monoisotopic (exact) mass is 381 g/mol. The number of hydrogen-bond acceptors (Lipinski definition) is 4. The second-order valence-electron chi connectivity index (χ2n) is 6.21. The quantitative estimate of drug-likeness (QED) is 0.794. The van der Waals surface area contributed by atoms with Gasteiger partial charge in [0, 0.05) is 23.0 Å². The SMILES string of the molecule is CCC(=O)N(Cc1ccc(-c2cccc(Cl)c2)o1)C1CCS(=O)(=O)C1. The molecule has 134 valence electrons. The summed E-state index contributed by atoms with van der Waals surface area (Å²) >= 11 is 6.01. The van der Waals surface area contributed by atoms with E-state index in [0.29, 0.717) is 29.4 Å². The summed E-state index contributed by atoms with van der Waals surface area (Å²) in [6.45, 7) is 2.05. The van der Waals surface area contributed by atoms with Crippen molar-refractivity contribution >= 4 is 27.3 Å². The van der Waals surface area contributed by atoms with Gasteiger partial charge >= 0.3 is 0 Å². The predicted octanol–water partition coefficient (Wildman–Crippen LogP) is 3.53. The van der Waals surface area contributed by atoms with Crippen molar-refractivity contribution in [1.29, 1.82) is 0 Å². The Balaban J connectivity index is 1.80. The molecule has 7 heteroatoms. The first-order valence-electron chi connectivity index (χ1n) is 8.22. The van der Waals surface area contributed by atoms with Gasteiger partial charge in [0.2, 0.25) is 5.91 Å². The van der Waals surface area contributed by atoms with Crippen molar-refractivity contribution in [2.45, 2.75) is 32.4 Å². The molecule has 0 aliphatic carbocycles. The van der Waals surface area contributed by atoms with Gasteiger partial charge in [-0.25, -0.2) is 8.42 Å². The molecule has 1 aliphatic rings. The lowest BCUT2D eigenvalue weighted by molar-refractivity contribution is -0.133. The fourth-order valence-electron chi connectivity index (χ4n) is 3.07. The average molecular weight is 382 g/mol. The Bertz CT molecular complexity index is 875. The zero-order valence-electron chi connectivity index (χ0n) is 13.9. The number of benzene rings is 1. The third-order valence-electron chi connectivity index (χ3n) is 4.37. The number of hydrogen-bond donors (Lipinski definition) is 0. The number of nitrogens with zero attached hydrogens (tertiary/aromatic N) is 1. The summed E-state index contributed by atoms with van der Waals surface area (Å²) in [5.74, 6) is 1.39. The number of amides is 1. The number of halogens is 1. The third kappa shape index (κ3) is 4.25. The lowest BCUT2D eigenvalue weighted by Crippen LogP contribution is -2.40. The number of rotatable bonds is 5. The van der Waals surface area contributed by atoms with Gasteiger partial charge in [0.25, 0.3) is 0 Å².